The molecule has 3 nitrogen and oxygen atoms in total. The molecule has 1 saturated heterocycles. The average molecular weight is 244 g/mol. The van der Waals surface area contributed by atoms with E-state index in [1.165, 1.54) is 0 Å². The highest BCUT2D eigenvalue weighted by molar-refractivity contribution is 5.96. The van der Waals surface area contributed by atoms with Gasteiger partial charge in [-0.1, -0.05) is 0 Å². The lowest BCUT2D eigenvalue weighted by molar-refractivity contribution is -0.117. The lowest BCUT2D eigenvalue weighted by Crippen LogP contribution is -2.27. The minimum absolute atomic E-state index is 0.119. The molecule has 2 N–H and O–H groups in total. The van der Waals surface area contributed by atoms with Crippen molar-refractivity contribution >= 4 is 11.6 Å². The van der Waals surface area contributed by atoms with Gasteiger partial charge in [0, 0.05) is 25.1 Å². The molecule has 1 aliphatic rings. The van der Waals surface area contributed by atoms with Crippen molar-refractivity contribution < 1.29 is 18.0 Å². The number of hydrogen-bond donors (Lipinski definition) is 1. The van der Waals surface area contributed by atoms with Crippen LogP contribution in [0.5, 0.6) is 0 Å². The van der Waals surface area contributed by atoms with E-state index in [-0.39, 0.29) is 25.4 Å². The topological polar surface area (TPSA) is 46.3 Å². The average Bonchev–Trinajstić information content (AvgIpc) is 2.59. The first-order valence-electron chi connectivity index (χ1n) is 5.18. The van der Waals surface area contributed by atoms with Crippen molar-refractivity contribution in [2.24, 2.45) is 11.7 Å². The second-order valence-electron chi connectivity index (χ2n) is 4.03. The van der Waals surface area contributed by atoms with Gasteiger partial charge in [0.15, 0.2) is 11.6 Å². The molecule has 1 unspecified atom stereocenters. The number of nitrogens with two attached hydrogens (primary N) is 1. The first-order valence-corrected chi connectivity index (χ1v) is 5.18. The van der Waals surface area contributed by atoms with E-state index in [4.69, 9.17) is 5.73 Å². The maximum Gasteiger partial charge on any atom is 0.227 e. The van der Waals surface area contributed by atoms with Gasteiger partial charge in [-0.05, 0) is 12.5 Å². The second-order valence-corrected chi connectivity index (χ2v) is 4.03. The molecule has 0 aliphatic carbocycles. The number of halogens is 3. The number of benzene rings is 1. The maximum atomic E-state index is 13.5. The second kappa shape index (κ2) is 4.37. The van der Waals surface area contributed by atoms with Crippen LogP contribution in [0.4, 0.5) is 18.9 Å². The molecule has 2 rings (SSSR count). The molecule has 0 radical (unpaired) electrons. The molecule has 0 saturated carbocycles. The zero-order valence-electron chi connectivity index (χ0n) is 8.92. The summed E-state index contributed by atoms with van der Waals surface area (Å²) >= 11 is 0. The lowest BCUT2D eigenvalue weighted by atomic mass is 10.1. The molecular weight excluding hydrogens is 233 g/mol. The number of carbonyl (C=O) groups is 1. The van der Waals surface area contributed by atoms with Gasteiger partial charge in [-0.3, -0.25) is 4.79 Å². The number of rotatable bonds is 2. The first kappa shape index (κ1) is 11.9. The smallest absolute Gasteiger partial charge is 0.227 e. The summed E-state index contributed by atoms with van der Waals surface area (Å²) in [6.45, 7) is 0.432. The summed E-state index contributed by atoms with van der Waals surface area (Å²) in [4.78, 5) is 12.6. The summed E-state index contributed by atoms with van der Waals surface area (Å²) in [7, 11) is 0. The highest BCUT2D eigenvalue weighted by Crippen LogP contribution is 2.30. The van der Waals surface area contributed by atoms with Gasteiger partial charge in [-0.2, -0.15) is 0 Å². The summed E-state index contributed by atoms with van der Waals surface area (Å²) in [5.74, 6) is -3.68. The third-order valence-corrected chi connectivity index (χ3v) is 2.79. The van der Waals surface area contributed by atoms with E-state index in [9.17, 15) is 18.0 Å². The summed E-state index contributed by atoms with van der Waals surface area (Å²) < 4.78 is 39.7. The molecule has 1 fully saturated rings. The Morgan fingerprint density at radius 2 is 1.88 bits per heavy atom. The van der Waals surface area contributed by atoms with Crippen LogP contribution >= 0.6 is 0 Å². The van der Waals surface area contributed by atoms with Crippen LogP contribution in [0, 0.1) is 23.4 Å². The Bertz CT molecular complexity index is 441. The predicted molar refractivity (Wildman–Crippen MR) is 55.8 cm³/mol. The van der Waals surface area contributed by atoms with Crippen molar-refractivity contribution in [1.82, 2.24) is 0 Å². The molecular formula is C11H11F3N2O. The van der Waals surface area contributed by atoms with E-state index in [1.54, 1.807) is 0 Å². The van der Waals surface area contributed by atoms with Crippen molar-refractivity contribution in [2.75, 3.05) is 18.0 Å². The van der Waals surface area contributed by atoms with Crippen LogP contribution in [0.3, 0.4) is 0 Å². The SMILES string of the molecule is NCC1CC(=O)N(c2c(F)cc(F)cc2F)C1. The van der Waals surface area contributed by atoms with Gasteiger partial charge in [0.2, 0.25) is 5.91 Å². The molecule has 1 heterocycles. The zero-order valence-corrected chi connectivity index (χ0v) is 8.92. The summed E-state index contributed by atoms with van der Waals surface area (Å²) in [6, 6.07) is 1.11. The minimum atomic E-state index is -1.08. The normalized spacial score (nSPS) is 20.1. The number of amides is 1. The number of hydrogen-bond acceptors (Lipinski definition) is 2. The van der Waals surface area contributed by atoms with Crippen molar-refractivity contribution in [3.8, 4) is 0 Å². The van der Waals surface area contributed by atoms with Crippen molar-refractivity contribution in [2.45, 2.75) is 6.42 Å². The van der Waals surface area contributed by atoms with Gasteiger partial charge < -0.3 is 10.6 Å². The molecule has 6 heteroatoms. The van der Waals surface area contributed by atoms with Crippen molar-refractivity contribution in [3.63, 3.8) is 0 Å². The molecule has 1 aliphatic heterocycles. The van der Waals surface area contributed by atoms with Gasteiger partial charge in [0.25, 0.3) is 0 Å². The Labute approximate surface area is 96.0 Å². The Morgan fingerprint density at radius 3 is 2.35 bits per heavy atom. The quantitative estimate of drug-likeness (QED) is 0.855. The summed E-state index contributed by atoms with van der Waals surface area (Å²) in [5.41, 5.74) is 4.92. The standard InChI is InChI=1S/C11H11F3N2O/c12-7-2-8(13)11(9(14)3-7)16-5-6(4-15)1-10(16)17/h2-3,6H,1,4-5,15H2. The lowest BCUT2D eigenvalue weighted by Gasteiger charge is -2.18. The van der Waals surface area contributed by atoms with Crippen LogP contribution in [0.15, 0.2) is 12.1 Å². The Kier molecular flexibility index (Phi) is 3.06. The van der Waals surface area contributed by atoms with E-state index in [0.29, 0.717) is 12.1 Å². The van der Waals surface area contributed by atoms with Gasteiger partial charge in [0.1, 0.15) is 11.5 Å². The molecule has 17 heavy (non-hydrogen) atoms. The molecule has 1 aromatic carbocycles. The van der Waals surface area contributed by atoms with E-state index < -0.39 is 29.0 Å². The minimum Gasteiger partial charge on any atom is -0.330 e. The molecule has 1 amide bonds. The number of carbonyl (C=O) groups excluding carboxylic acids is 1. The molecule has 0 aromatic heterocycles. The Balaban J connectivity index is 2.38. The van der Waals surface area contributed by atoms with Gasteiger partial charge in [-0.15, -0.1) is 0 Å². The van der Waals surface area contributed by atoms with Gasteiger partial charge in [-0.25, -0.2) is 13.2 Å². The molecule has 1 aromatic rings. The molecule has 0 spiro atoms. The van der Waals surface area contributed by atoms with Gasteiger partial charge in [0.05, 0.1) is 0 Å². The highest BCUT2D eigenvalue weighted by Gasteiger charge is 2.33. The molecule has 0 bridgehead atoms. The first-order chi connectivity index (χ1) is 8.02. The monoisotopic (exact) mass is 244 g/mol. The molecule has 1 atom stereocenters. The van der Waals surface area contributed by atoms with Crippen LogP contribution in [0.2, 0.25) is 0 Å². The fourth-order valence-electron chi connectivity index (χ4n) is 1.95. The van der Waals surface area contributed by atoms with E-state index >= 15 is 0 Å². The fraction of sp³-hybridized carbons (Fsp3) is 0.364. The van der Waals surface area contributed by atoms with Crippen LogP contribution in [-0.4, -0.2) is 19.0 Å². The Morgan fingerprint density at radius 1 is 1.29 bits per heavy atom. The third-order valence-electron chi connectivity index (χ3n) is 2.79. The van der Waals surface area contributed by atoms with Crippen LogP contribution < -0.4 is 10.6 Å². The van der Waals surface area contributed by atoms with Crippen molar-refractivity contribution in [3.05, 3.63) is 29.6 Å². The zero-order chi connectivity index (χ0) is 12.6. The molecule has 92 valence electrons. The highest BCUT2D eigenvalue weighted by atomic mass is 19.1. The van der Waals surface area contributed by atoms with Crippen LogP contribution in [0.1, 0.15) is 6.42 Å². The summed E-state index contributed by atoms with van der Waals surface area (Å²) in [5, 5.41) is 0. The van der Waals surface area contributed by atoms with Crippen LogP contribution in [-0.2, 0) is 4.79 Å². The van der Waals surface area contributed by atoms with E-state index in [0.717, 1.165) is 4.90 Å². The number of nitrogens with zero attached hydrogens (tertiary/aromatic N) is 1. The summed E-state index contributed by atoms with van der Waals surface area (Å²) in [6.07, 6.45) is 0.159. The Hall–Kier alpha value is -1.56. The van der Waals surface area contributed by atoms with E-state index in [1.807, 2.05) is 0 Å². The predicted octanol–water partition coefficient (Wildman–Crippen LogP) is 1.42. The number of anilines is 1. The fourth-order valence-corrected chi connectivity index (χ4v) is 1.95. The van der Waals surface area contributed by atoms with Crippen molar-refractivity contribution in [1.29, 1.82) is 0 Å². The maximum absolute atomic E-state index is 13.5. The largest absolute Gasteiger partial charge is 0.330 e. The van der Waals surface area contributed by atoms with Crippen LogP contribution in [0.25, 0.3) is 0 Å². The van der Waals surface area contributed by atoms with Gasteiger partial charge >= 0.3 is 0 Å². The van der Waals surface area contributed by atoms with E-state index in [2.05, 4.69) is 0 Å². The third kappa shape index (κ3) is 2.12.